The summed E-state index contributed by atoms with van der Waals surface area (Å²) in [5.74, 6) is -1.13. The maximum atomic E-state index is 13.1. The molecule has 5 heteroatoms. The summed E-state index contributed by atoms with van der Waals surface area (Å²) in [6.45, 7) is 1.48. The van der Waals surface area contributed by atoms with E-state index >= 15 is 0 Å². The number of hydrogen-bond acceptors (Lipinski definition) is 3. The SMILES string of the molecule is CC(Oc1ccc2cccc(-c3ccc(C(=O)c4ccc(F)cc4)cc3)c2c1)C(=O)O. The Kier molecular flexibility index (Phi) is 5.50. The summed E-state index contributed by atoms with van der Waals surface area (Å²) in [7, 11) is 0. The number of carboxylic acid groups (broad SMARTS) is 1. The van der Waals surface area contributed by atoms with Gasteiger partial charge < -0.3 is 9.84 Å². The molecule has 0 aliphatic carbocycles. The van der Waals surface area contributed by atoms with Crippen LogP contribution in [0.5, 0.6) is 5.75 Å². The lowest BCUT2D eigenvalue weighted by Crippen LogP contribution is -2.22. The Morgan fingerprint density at radius 1 is 0.871 bits per heavy atom. The number of halogens is 1. The first-order valence-corrected chi connectivity index (χ1v) is 9.75. The molecule has 154 valence electrons. The van der Waals surface area contributed by atoms with E-state index in [2.05, 4.69) is 0 Å². The van der Waals surface area contributed by atoms with Crippen molar-refractivity contribution in [2.75, 3.05) is 0 Å². The summed E-state index contributed by atoms with van der Waals surface area (Å²) in [4.78, 5) is 23.7. The van der Waals surface area contributed by atoms with E-state index in [-0.39, 0.29) is 11.6 Å². The molecule has 0 saturated heterocycles. The first-order chi connectivity index (χ1) is 14.9. The Balaban J connectivity index is 1.67. The second-order valence-electron chi connectivity index (χ2n) is 7.20. The minimum atomic E-state index is -1.03. The largest absolute Gasteiger partial charge is 0.479 e. The van der Waals surface area contributed by atoms with Crippen LogP contribution in [0.15, 0.2) is 84.9 Å². The number of hydrogen-bond donors (Lipinski definition) is 1. The maximum Gasteiger partial charge on any atom is 0.344 e. The molecule has 0 aromatic heterocycles. The number of aliphatic carboxylic acids is 1. The minimum Gasteiger partial charge on any atom is -0.479 e. The fraction of sp³-hybridized carbons (Fsp3) is 0.0769. The Labute approximate surface area is 178 Å². The second-order valence-corrected chi connectivity index (χ2v) is 7.20. The summed E-state index contributed by atoms with van der Waals surface area (Å²) in [6, 6.07) is 24.0. The Bertz CT molecular complexity index is 1260. The van der Waals surface area contributed by atoms with E-state index in [0.29, 0.717) is 16.9 Å². The topological polar surface area (TPSA) is 63.6 Å². The van der Waals surface area contributed by atoms with Crippen LogP contribution in [0.2, 0.25) is 0 Å². The van der Waals surface area contributed by atoms with Crippen LogP contribution in [0, 0.1) is 5.82 Å². The van der Waals surface area contributed by atoms with Crippen molar-refractivity contribution in [2.24, 2.45) is 0 Å². The molecule has 4 aromatic rings. The van der Waals surface area contributed by atoms with Gasteiger partial charge >= 0.3 is 5.97 Å². The normalized spacial score (nSPS) is 11.8. The van der Waals surface area contributed by atoms with Crippen LogP contribution in [-0.4, -0.2) is 23.0 Å². The van der Waals surface area contributed by atoms with E-state index in [1.54, 1.807) is 18.2 Å². The van der Waals surface area contributed by atoms with Crippen molar-refractivity contribution in [3.63, 3.8) is 0 Å². The van der Waals surface area contributed by atoms with Gasteiger partial charge in [-0.3, -0.25) is 4.79 Å². The Morgan fingerprint density at radius 2 is 1.52 bits per heavy atom. The lowest BCUT2D eigenvalue weighted by atomic mass is 9.96. The molecule has 4 rings (SSSR count). The van der Waals surface area contributed by atoms with E-state index in [0.717, 1.165) is 21.9 Å². The molecule has 0 heterocycles. The predicted molar refractivity (Wildman–Crippen MR) is 117 cm³/mol. The molecule has 0 fully saturated rings. The van der Waals surface area contributed by atoms with Gasteiger partial charge in [0.15, 0.2) is 11.9 Å². The molecular weight excluding hydrogens is 395 g/mol. The third-order valence-corrected chi connectivity index (χ3v) is 5.08. The highest BCUT2D eigenvalue weighted by Gasteiger charge is 2.14. The van der Waals surface area contributed by atoms with Crippen molar-refractivity contribution in [1.29, 1.82) is 0 Å². The number of carboxylic acids is 1. The average Bonchev–Trinajstić information content (AvgIpc) is 2.79. The zero-order chi connectivity index (χ0) is 22.0. The minimum absolute atomic E-state index is 0.178. The predicted octanol–water partition coefficient (Wildman–Crippen LogP) is 5.73. The van der Waals surface area contributed by atoms with Crippen LogP contribution in [-0.2, 0) is 4.79 Å². The van der Waals surface area contributed by atoms with Gasteiger partial charge in [-0.2, -0.15) is 0 Å². The smallest absolute Gasteiger partial charge is 0.344 e. The molecule has 1 unspecified atom stereocenters. The monoisotopic (exact) mass is 414 g/mol. The van der Waals surface area contributed by atoms with Crippen LogP contribution in [0.25, 0.3) is 21.9 Å². The van der Waals surface area contributed by atoms with E-state index in [9.17, 15) is 14.0 Å². The molecule has 0 spiro atoms. The molecule has 0 saturated carbocycles. The average molecular weight is 414 g/mol. The van der Waals surface area contributed by atoms with Gasteiger partial charge in [-0.15, -0.1) is 0 Å². The zero-order valence-corrected chi connectivity index (χ0v) is 16.7. The first-order valence-electron chi connectivity index (χ1n) is 9.75. The summed E-state index contributed by atoms with van der Waals surface area (Å²) in [5, 5.41) is 11.0. The number of carbonyl (C=O) groups is 2. The summed E-state index contributed by atoms with van der Waals surface area (Å²) >= 11 is 0. The third kappa shape index (κ3) is 4.31. The van der Waals surface area contributed by atoms with Gasteiger partial charge in [-0.1, -0.05) is 48.5 Å². The van der Waals surface area contributed by atoms with Crippen molar-refractivity contribution >= 4 is 22.5 Å². The Morgan fingerprint density at radius 3 is 2.16 bits per heavy atom. The van der Waals surface area contributed by atoms with Crippen LogP contribution < -0.4 is 4.74 Å². The van der Waals surface area contributed by atoms with Gasteiger partial charge in [0, 0.05) is 11.1 Å². The molecule has 1 N–H and O–H groups in total. The van der Waals surface area contributed by atoms with Gasteiger partial charge in [0.1, 0.15) is 11.6 Å². The maximum absolute atomic E-state index is 13.1. The highest BCUT2D eigenvalue weighted by Crippen LogP contribution is 2.32. The van der Waals surface area contributed by atoms with Crippen LogP contribution in [0.4, 0.5) is 4.39 Å². The molecule has 0 bridgehead atoms. The summed E-state index contributed by atoms with van der Waals surface area (Å²) < 4.78 is 18.6. The number of rotatable bonds is 6. The second kappa shape index (κ2) is 8.40. The summed E-state index contributed by atoms with van der Waals surface area (Å²) in [6.07, 6.45) is -0.957. The molecule has 4 nitrogen and oxygen atoms in total. The standard InChI is InChI=1S/C26H19FO4/c1-16(26(29)30)31-22-14-11-17-3-2-4-23(24(17)15-22)18-5-7-19(8-6-18)25(28)20-9-12-21(27)13-10-20/h2-16H,1H3,(H,29,30). The lowest BCUT2D eigenvalue weighted by Gasteiger charge is -2.13. The summed E-state index contributed by atoms with van der Waals surface area (Å²) in [5.41, 5.74) is 2.78. The Hall–Kier alpha value is -3.99. The van der Waals surface area contributed by atoms with E-state index in [4.69, 9.17) is 9.84 Å². The number of ketones is 1. The fourth-order valence-corrected chi connectivity index (χ4v) is 3.40. The van der Waals surface area contributed by atoms with Crippen LogP contribution >= 0.6 is 0 Å². The van der Waals surface area contributed by atoms with Crippen molar-refractivity contribution in [1.82, 2.24) is 0 Å². The van der Waals surface area contributed by atoms with Crippen molar-refractivity contribution in [2.45, 2.75) is 13.0 Å². The van der Waals surface area contributed by atoms with Crippen molar-refractivity contribution in [3.05, 3.63) is 102 Å². The molecule has 0 aliphatic heterocycles. The van der Waals surface area contributed by atoms with Crippen molar-refractivity contribution in [3.8, 4) is 16.9 Å². The molecule has 0 amide bonds. The molecule has 0 radical (unpaired) electrons. The van der Waals surface area contributed by atoms with E-state index in [1.807, 2.05) is 42.5 Å². The number of carbonyl (C=O) groups excluding carboxylic acids is 1. The van der Waals surface area contributed by atoms with Crippen LogP contribution in [0.3, 0.4) is 0 Å². The van der Waals surface area contributed by atoms with Crippen LogP contribution in [0.1, 0.15) is 22.8 Å². The van der Waals surface area contributed by atoms with E-state index in [1.165, 1.54) is 31.2 Å². The van der Waals surface area contributed by atoms with E-state index < -0.39 is 12.1 Å². The zero-order valence-electron chi connectivity index (χ0n) is 16.7. The molecular formula is C26H19FO4. The van der Waals surface area contributed by atoms with Crippen molar-refractivity contribution < 1.29 is 23.8 Å². The molecule has 1 atom stereocenters. The number of benzene rings is 4. The van der Waals surface area contributed by atoms with Gasteiger partial charge in [-0.25, -0.2) is 9.18 Å². The van der Waals surface area contributed by atoms with Gasteiger partial charge in [0.05, 0.1) is 0 Å². The quantitative estimate of drug-likeness (QED) is 0.409. The highest BCUT2D eigenvalue weighted by atomic mass is 19.1. The third-order valence-electron chi connectivity index (χ3n) is 5.08. The van der Waals surface area contributed by atoms with Gasteiger partial charge in [-0.05, 0) is 65.2 Å². The number of fused-ring (bicyclic) bond motifs is 1. The molecule has 31 heavy (non-hydrogen) atoms. The molecule has 0 aliphatic rings. The first kappa shape index (κ1) is 20.3. The lowest BCUT2D eigenvalue weighted by molar-refractivity contribution is -0.144. The number of ether oxygens (including phenoxy) is 1. The van der Waals surface area contributed by atoms with Gasteiger partial charge in [0.25, 0.3) is 0 Å². The molecule has 4 aromatic carbocycles. The highest BCUT2D eigenvalue weighted by molar-refractivity contribution is 6.09. The van der Waals surface area contributed by atoms with Gasteiger partial charge in [0.2, 0.25) is 0 Å². The fourth-order valence-electron chi connectivity index (χ4n) is 3.40.